The number of allylic oxidation sites excluding steroid dienone is 1. The van der Waals surface area contributed by atoms with Crippen molar-refractivity contribution >= 4 is 28.7 Å². The van der Waals surface area contributed by atoms with Crippen LogP contribution in [0, 0.1) is 28.4 Å². The van der Waals surface area contributed by atoms with Gasteiger partial charge in [0.2, 0.25) is 5.75 Å². The van der Waals surface area contributed by atoms with E-state index in [9.17, 15) is 15.4 Å². The van der Waals surface area contributed by atoms with Gasteiger partial charge in [0, 0.05) is 17.1 Å². The van der Waals surface area contributed by atoms with E-state index in [4.69, 9.17) is 9.47 Å². The second kappa shape index (κ2) is 10.4. The Morgan fingerprint density at radius 1 is 1.39 bits per heavy atom. The van der Waals surface area contributed by atoms with Crippen LogP contribution in [0.1, 0.15) is 48.9 Å². The molecule has 0 radical (unpaired) electrons. The van der Waals surface area contributed by atoms with Crippen LogP contribution >= 0.6 is 11.3 Å². The van der Waals surface area contributed by atoms with Crippen molar-refractivity contribution < 1.29 is 14.4 Å². The molecule has 0 spiro atoms. The van der Waals surface area contributed by atoms with Crippen molar-refractivity contribution in [3.8, 4) is 17.6 Å². The molecule has 0 fully saturated rings. The number of nitriles is 1. The fourth-order valence-electron chi connectivity index (χ4n) is 2.61. The van der Waals surface area contributed by atoms with Gasteiger partial charge in [0.05, 0.1) is 24.2 Å². The summed E-state index contributed by atoms with van der Waals surface area (Å²) in [4.78, 5) is 15.4. The molecule has 0 saturated heterocycles. The molecule has 0 amide bonds. The van der Waals surface area contributed by atoms with Gasteiger partial charge in [-0.2, -0.15) is 5.26 Å². The van der Waals surface area contributed by atoms with E-state index in [0.717, 1.165) is 31.4 Å². The third-order valence-corrected chi connectivity index (χ3v) is 4.99. The van der Waals surface area contributed by atoms with Crippen LogP contribution < -0.4 is 9.47 Å². The summed E-state index contributed by atoms with van der Waals surface area (Å²) in [6, 6.07) is 5.12. The summed E-state index contributed by atoms with van der Waals surface area (Å²) in [7, 11) is 1.44. The summed E-state index contributed by atoms with van der Waals surface area (Å²) >= 11 is 1.35. The average Bonchev–Trinajstić information content (AvgIpc) is 3.12. The Balaban J connectivity index is 2.36. The molecule has 0 unspecified atom stereocenters. The lowest BCUT2D eigenvalue weighted by Gasteiger charge is -2.12. The van der Waals surface area contributed by atoms with Crippen molar-refractivity contribution in [2.75, 3.05) is 13.7 Å². The Bertz CT molecular complexity index is 899. The highest BCUT2D eigenvalue weighted by Gasteiger charge is 2.22. The number of nitrogens with zero attached hydrogens (tertiary/aromatic N) is 3. The molecule has 0 atom stereocenters. The number of hydrogen-bond donors (Lipinski definition) is 0. The zero-order valence-corrected chi connectivity index (χ0v) is 17.0. The number of ether oxygens (including phenoxy) is 2. The van der Waals surface area contributed by atoms with Gasteiger partial charge in [0.1, 0.15) is 11.1 Å². The van der Waals surface area contributed by atoms with Gasteiger partial charge in [-0.3, -0.25) is 10.1 Å². The summed E-state index contributed by atoms with van der Waals surface area (Å²) in [6.07, 6.45) is 5.59. The third-order valence-electron chi connectivity index (χ3n) is 4.00. The third kappa shape index (κ3) is 5.54. The normalized spacial score (nSPS) is 11.1. The largest absolute Gasteiger partial charge is 0.493 e. The Labute approximate surface area is 168 Å². The molecule has 0 N–H and O–H groups in total. The average molecular weight is 401 g/mol. The van der Waals surface area contributed by atoms with E-state index in [-0.39, 0.29) is 17.2 Å². The van der Waals surface area contributed by atoms with E-state index in [1.165, 1.54) is 24.5 Å². The van der Waals surface area contributed by atoms with Crippen LogP contribution in [0.15, 0.2) is 17.5 Å². The highest BCUT2D eigenvalue weighted by Crippen LogP contribution is 2.39. The van der Waals surface area contributed by atoms with Crippen LogP contribution in [-0.2, 0) is 0 Å². The van der Waals surface area contributed by atoms with E-state index in [1.54, 1.807) is 12.1 Å². The first-order valence-corrected chi connectivity index (χ1v) is 9.91. The summed E-state index contributed by atoms with van der Waals surface area (Å²) < 4.78 is 11.0. The van der Waals surface area contributed by atoms with Crippen LogP contribution in [0.3, 0.4) is 0 Å². The Kier molecular flexibility index (Phi) is 7.96. The maximum atomic E-state index is 11.6. The van der Waals surface area contributed by atoms with Gasteiger partial charge < -0.3 is 9.47 Å². The molecule has 0 aliphatic carbocycles. The van der Waals surface area contributed by atoms with Crippen LogP contribution in [0.25, 0.3) is 11.6 Å². The first-order chi connectivity index (χ1) is 13.5. The van der Waals surface area contributed by atoms with Gasteiger partial charge in [0.15, 0.2) is 5.75 Å². The first-order valence-electron chi connectivity index (χ1n) is 9.03. The van der Waals surface area contributed by atoms with E-state index in [0.29, 0.717) is 22.8 Å². The van der Waals surface area contributed by atoms with Gasteiger partial charge >= 0.3 is 5.69 Å². The molecule has 0 aliphatic heterocycles. The number of methoxy groups -OCH3 is 1. The number of nitro groups is 1. The summed E-state index contributed by atoms with van der Waals surface area (Å²) in [5, 5.41) is 23.4. The summed E-state index contributed by atoms with van der Waals surface area (Å²) in [5.41, 5.74) is 1.44. The SMILES string of the molecule is CCCCCCOc1c(OC)cc(/C=C(/C#N)c2nc(C)cs2)cc1[N+](=O)[O-]. The summed E-state index contributed by atoms with van der Waals surface area (Å²) in [6.45, 7) is 4.34. The Morgan fingerprint density at radius 3 is 2.75 bits per heavy atom. The number of unbranched alkanes of at least 4 members (excludes halogenated alkanes) is 3. The smallest absolute Gasteiger partial charge is 0.315 e. The monoisotopic (exact) mass is 401 g/mol. The van der Waals surface area contributed by atoms with Crippen molar-refractivity contribution in [3.05, 3.63) is 43.9 Å². The fraction of sp³-hybridized carbons (Fsp3) is 0.400. The predicted octanol–water partition coefficient (Wildman–Crippen LogP) is 5.39. The molecule has 0 saturated carbocycles. The highest BCUT2D eigenvalue weighted by atomic mass is 32.1. The van der Waals surface area contributed by atoms with E-state index < -0.39 is 4.92 Å². The molecule has 148 valence electrons. The number of rotatable bonds is 10. The zero-order valence-electron chi connectivity index (χ0n) is 16.2. The Morgan fingerprint density at radius 2 is 2.18 bits per heavy atom. The van der Waals surface area contributed by atoms with Gasteiger partial charge in [-0.05, 0) is 31.1 Å². The van der Waals surface area contributed by atoms with Gasteiger partial charge in [0.25, 0.3) is 0 Å². The quantitative estimate of drug-likeness (QED) is 0.229. The van der Waals surface area contributed by atoms with Crippen molar-refractivity contribution in [1.82, 2.24) is 4.98 Å². The minimum atomic E-state index is -0.499. The minimum Gasteiger partial charge on any atom is -0.493 e. The standard InChI is InChI=1S/C20H23N3O4S/c1-4-5-6-7-8-27-19-17(23(24)25)10-15(11-18(19)26-3)9-16(12-21)20-22-14(2)13-28-20/h9-11,13H,4-8H2,1-3H3/b16-9-. The van der Waals surface area contributed by atoms with Crippen molar-refractivity contribution in [1.29, 1.82) is 5.26 Å². The predicted molar refractivity (Wildman–Crippen MR) is 110 cm³/mol. The molecule has 1 aromatic carbocycles. The molecular weight excluding hydrogens is 378 g/mol. The number of benzene rings is 1. The molecule has 0 aliphatic rings. The maximum absolute atomic E-state index is 11.6. The van der Waals surface area contributed by atoms with Crippen molar-refractivity contribution in [3.63, 3.8) is 0 Å². The number of thiazole rings is 1. The van der Waals surface area contributed by atoms with Crippen molar-refractivity contribution in [2.45, 2.75) is 39.5 Å². The maximum Gasteiger partial charge on any atom is 0.315 e. The fourth-order valence-corrected chi connectivity index (χ4v) is 3.38. The molecule has 2 aromatic rings. The van der Waals surface area contributed by atoms with Gasteiger partial charge in [-0.1, -0.05) is 26.2 Å². The van der Waals surface area contributed by atoms with Crippen LogP contribution in [-0.4, -0.2) is 23.6 Å². The first kappa shape index (κ1) is 21.4. The molecule has 1 heterocycles. The van der Waals surface area contributed by atoms with Crippen LogP contribution in [0.5, 0.6) is 11.5 Å². The second-order valence-corrected chi connectivity index (χ2v) is 7.06. The van der Waals surface area contributed by atoms with Gasteiger partial charge in [-0.25, -0.2) is 4.98 Å². The Hall–Kier alpha value is -2.92. The van der Waals surface area contributed by atoms with E-state index in [1.807, 2.05) is 12.3 Å². The number of nitro benzene ring substituents is 1. The van der Waals surface area contributed by atoms with Crippen LogP contribution in [0.4, 0.5) is 5.69 Å². The lowest BCUT2D eigenvalue weighted by atomic mass is 10.1. The van der Waals surface area contributed by atoms with Crippen molar-refractivity contribution in [2.24, 2.45) is 0 Å². The molecular formula is C20H23N3O4S. The van der Waals surface area contributed by atoms with Gasteiger partial charge in [-0.15, -0.1) is 11.3 Å². The zero-order chi connectivity index (χ0) is 20.5. The summed E-state index contributed by atoms with van der Waals surface area (Å²) in [5.74, 6) is 0.383. The molecule has 2 rings (SSSR count). The van der Waals surface area contributed by atoms with E-state index in [2.05, 4.69) is 18.0 Å². The molecule has 7 nitrogen and oxygen atoms in total. The molecule has 1 aromatic heterocycles. The molecule has 0 bridgehead atoms. The van der Waals surface area contributed by atoms with E-state index >= 15 is 0 Å². The molecule has 8 heteroatoms. The number of aromatic nitrogens is 1. The lowest BCUT2D eigenvalue weighted by Crippen LogP contribution is -2.03. The topological polar surface area (TPSA) is 98.3 Å². The number of aryl methyl sites for hydroxylation is 1. The van der Waals surface area contributed by atoms with Crippen LogP contribution in [0.2, 0.25) is 0 Å². The minimum absolute atomic E-state index is 0.116. The number of hydrogen-bond acceptors (Lipinski definition) is 7. The lowest BCUT2D eigenvalue weighted by molar-refractivity contribution is -0.386. The molecule has 28 heavy (non-hydrogen) atoms. The second-order valence-electron chi connectivity index (χ2n) is 6.20. The highest BCUT2D eigenvalue weighted by molar-refractivity contribution is 7.11.